The average molecular weight is 270 g/mol. The Balaban J connectivity index is 1.92. The van der Waals surface area contributed by atoms with Gasteiger partial charge in [-0.1, -0.05) is 11.6 Å². The molecule has 0 radical (unpaired) electrons. The molecule has 1 aliphatic rings. The molecule has 0 spiro atoms. The number of aromatic nitrogens is 1. The van der Waals surface area contributed by atoms with Crippen LogP contribution in [0.1, 0.15) is 29.6 Å². The first kappa shape index (κ1) is 13.1. The molecule has 18 heavy (non-hydrogen) atoms. The number of carbonyl (C=O) groups excluding carboxylic acids is 1. The van der Waals surface area contributed by atoms with Gasteiger partial charge in [0.25, 0.3) is 5.91 Å². The Labute approximate surface area is 111 Å². The second-order valence-electron chi connectivity index (χ2n) is 4.29. The lowest BCUT2D eigenvalue weighted by molar-refractivity contribution is 0.0169. The fourth-order valence-corrected chi connectivity index (χ4v) is 2.07. The Hall–Kier alpha value is -1.33. The predicted octanol–water partition coefficient (Wildman–Crippen LogP) is 1.62. The summed E-state index contributed by atoms with van der Waals surface area (Å²) in [5.41, 5.74) is 6.36. The number of nitrogen functional groups attached to an aromatic ring is 1. The quantitative estimate of drug-likeness (QED) is 0.818. The zero-order valence-corrected chi connectivity index (χ0v) is 10.7. The maximum atomic E-state index is 11.9. The van der Waals surface area contributed by atoms with Crippen LogP contribution in [0.4, 0.5) is 5.69 Å². The van der Waals surface area contributed by atoms with Gasteiger partial charge in [0, 0.05) is 13.2 Å². The van der Waals surface area contributed by atoms with Crippen molar-refractivity contribution in [3.8, 4) is 0 Å². The first-order chi connectivity index (χ1) is 8.66. The molecule has 1 aliphatic heterocycles. The second kappa shape index (κ2) is 6.02. The lowest BCUT2D eigenvalue weighted by Gasteiger charge is -2.22. The number of hydrogen-bond donors (Lipinski definition) is 2. The monoisotopic (exact) mass is 269 g/mol. The number of pyridine rings is 1. The number of halogens is 1. The van der Waals surface area contributed by atoms with Crippen molar-refractivity contribution < 1.29 is 9.53 Å². The highest BCUT2D eigenvalue weighted by atomic mass is 35.5. The molecule has 5 nitrogen and oxygen atoms in total. The van der Waals surface area contributed by atoms with E-state index >= 15 is 0 Å². The molecule has 2 heterocycles. The summed E-state index contributed by atoms with van der Waals surface area (Å²) in [5, 5.41) is 3.06. The van der Waals surface area contributed by atoms with Gasteiger partial charge in [-0.15, -0.1) is 0 Å². The van der Waals surface area contributed by atoms with E-state index in [-0.39, 0.29) is 17.2 Å². The van der Waals surface area contributed by atoms with Gasteiger partial charge in [0.1, 0.15) is 5.15 Å². The fourth-order valence-electron chi connectivity index (χ4n) is 1.91. The Morgan fingerprint density at radius 2 is 2.44 bits per heavy atom. The van der Waals surface area contributed by atoms with Crippen LogP contribution in [0, 0.1) is 0 Å². The molecular weight excluding hydrogens is 254 g/mol. The predicted molar refractivity (Wildman–Crippen MR) is 69.6 cm³/mol. The van der Waals surface area contributed by atoms with E-state index in [1.165, 1.54) is 12.3 Å². The third-order valence-corrected chi connectivity index (χ3v) is 3.12. The highest BCUT2D eigenvalue weighted by molar-refractivity contribution is 6.29. The minimum absolute atomic E-state index is 0.0984. The lowest BCUT2D eigenvalue weighted by Crippen LogP contribution is -2.35. The van der Waals surface area contributed by atoms with Gasteiger partial charge in [-0.25, -0.2) is 4.98 Å². The highest BCUT2D eigenvalue weighted by Gasteiger charge is 2.16. The lowest BCUT2D eigenvalue weighted by atomic mass is 10.1. The van der Waals surface area contributed by atoms with Crippen molar-refractivity contribution >= 4 is 23.2 Å². The largest absolute Gasteiger partial charge is 0.397 e. The number of hydrogen-bond acceptors (Lipinski definition) is 4. The zero-order chi connectivity index (χ0) is 13.0. The number of rotatable bonds is 3. The van der Waals surface area contributed by atoms with E-state index in [0.29, 0.717) is 17.8 Å². The van der Waals surface area contributed by atoms with Crippen LogP contribution in [0.25, 0.3) is 0 Å². The number of ether oxygens (including phenoxy) is 1. The summed E-state index contributed by atoms with van der Waals surface area (Å²) in [4.78, 5) is 15.7. The molecule has 6 heteroatoms. The maximum Gasteiger partial charge on any atom is 0.253 e. The van der Waals surface area contributed by atoms with E-state index in [4.69, 9.17) is 22.1 Å². The topological polar surface area (TPSA) is 77.2 Å². The van der Waals surface area contributed by atoms with Crippen molar-refractivity contribution in [1.82, 2.24) is 10.3 Å². The van der Waals surface area contributed by atoms with Crippen molar-refractivity contribution in [2.75, 3.05) is 18.9 Å². The van der Waals surface area contributed by atoms with Crippen molar-refractivity contribution in [2.24, 2.45) is 0 Å². The molecule has 1 aromatic heterocycles. The van der Waals surface area contributed by atoms with Gasteiger partial charge >= 0.3 is 0 Å². The van der Waals surface area contributed by atoms with Gasteiger partial charge in [0.2, 0.25) is 0 Å². The standard InChI is InChI=1S/C12H16ClN3O2/c13-11-5-9(10(14)7-15-11)12(17)16-6-8-3-1-2-4-18-8/h5,7-8H,1-4,6,14H2,(H,16,17). The summed E-state index contributed by atoms with van der Waals surface area (Å²) in [6.45, 7) is 1.27. The van der Waals surface area contributed by atoms with E-state index < -0.39 is 0 Å². The van der Waals surface area contributed by atoms with E-state index in [2.05, 4.69) is 10.3 Å². The van der Waals surface area contributed by atoms with E-state index in [9.17, 15) is 4.79 Å². The Morgan fingerprint density at radius 3 is 3.17 bits per heavy atom. The van der Waals surface area contributed by atoms with Crippen LogP contribution in [-0.2, 0) is 4.74 Å². The molecule has 1 unspecified atom stereocenters. The van der Waals surface area contributed by atoms with Gasteiger partial charge < -0.3 is 15.8 Å². The molecule has 1 atom stereocenters. The van der Waals surface area contributed by atoms with E-state index in [1.807, 2.05) is 0 Å². The van der Waals surface area contributed by atoms with Gasteiger partial charge in [-0.2, -0.15) is 0 Å². The molecule has 98 valence electrons. The molecule has 0 saturated carbocycles. The van der Waals surface area contributed by atoms with Crippen LogP contribution in [0.2, 0.25) is 5.15 Å². The SMILES string of the molecule is Nc1cnc(Cl)cc1C(=O)NCC1CCCCO1. The molecular formula is C12H16ClN3O2. The van der Waals surface area contributed by atoms with Crippen LogP contribution < -0.4 is 11.1 Å². The van der Waals surface area contributed by atoms with Gasteiger partial charge in [-0.05, 0) is 25.3 Å². The molecule has 2 rings (SSSR count). The van der Waals surface area contributed by atoms with Crippen LogP contribution in [0.3, 0.4) is 0 Å². The van der Waals surface area contributed by atoms with E-state index in [1.54, 1.807) is 0 Å². The van der Waals surface area contributed by atoms with Crippen molar-refractivity contribution in [2.45, 2.75) is 25.4 Å². The van der Waals surface area contributed by atoms with Gasteiger partial charge in [0.15, 0.2) is 0 Å². The summed E-state index contributed by atoms with van der Waals surface area (Å²) in [6, 6.07) is 1.47. The van der Waals surface area contributed by atoms with Crippen molar-refractivity contribution in [1.29, 1.82) is 0 Å². The Bertz CT molecular complexity index is 433. The van der Waals surface area contributed by atoms with Gasteiger partial charge in [0.05, 0.1) is 23.6 Å². The average Bonchev–Trinajstić information content (AvgIpc) is 2.40. The molecule has 1 aromatic rings. The molecule has 0 aromatic carbocycles. The number of nitrogens with two attached hydrogens (primary N) is 1. The van der Waals surface area contributed by atoms with Crippen molar-refractivity contribution in [3.05, 3.63) is 23.0 Å². The number of nitrogens with zero attached hydrogens (tertiary/aromatic N) is 1. The summed E-state index contributed by atoms with van der Waals surface area (Å²) in [7, 11) is 0. The number of amides is 1. The summed E-state index contributed by atoms with van der Waals surface area (Å²) in [6.07, 6.45) is 4.70. The minimum atomic E-state index is -0.244. The van der Waals surface area contributed by atoms with Crippen LogP contribution >= 0.6 is 11.6 Å². The number of carbonyl (C=O) groups is 1. The van der Waals surface area contributed by atoms with Crippen LogP contribution in [0.5, 0.6) is 0 Å². The minimum Gasteiger partial charge on any atom is -0.397 e. The maximum absolute atomic E-state index is 11.9. The summed E-state index contributed by atoms with van der Waals surface area (Å²) >= 11 is 5.74. The summed E-state index contributed by atoms with van der Waals surface area (Å²) < 4.78 is 5.53. The second-order valence-corrected chi connectivity index (χ2v) is 4.68. The smallest absolute Gasteiger partial charge is 0.253 e. The Kier molecular flexibility index (Phi) is 4.38. The third kappa shape index (κ3) is 3.34. The van der Waals surface area contributed by atoms with Gasteiger partial charge in [-0.3, -0.25) is 4.79 Å². The Morgan fingerprint density at radius 1 is 1.61 bits per heavy atom. The van der Waals surface area contributed by atoms with Crippen LogP contribution in [-0.4, -0.2) is 30.1 Å². The van der Waals surface area contributed by atoms with E-state index in [0.717, 1.165) is 25.9 Å². The molecule has 1 amide bonds. The molecule has 0 aliphatic carbocycles. The third-order valence-electron chi connectivity index (χ3n) is 2.91. The molecule has 1 saturated heterocycles. The normalized spacial score (nSPS) is 19.5. The molecule has 0 bridgehead atoms. The van der Waals surface area contributed by atoms with Crippen LogP contribution in [0.15, 0.2) is 12.3 Å². The summed E-state index contributed by atoms with van der Waals surface area (Å²) in [5.74, 6) is -0.244. The first-order valence-corrected chi connectivity index (χ1v) is 6.35. The molecule has 3 N–H and O–H groups in total. The zero-order valence-electron chi connectivity index (χ0n) is 9.99. The highest BCUT2D eigenvalue weighted by Crippen LogP contribution is 2.15. The number of anilines is 1. The fraction of sp³-hybridized carbons (Fsp3) is 0.500. The molecule has 1 fully saturated rings. The number of nitrogens with one attached hydrogen (secondary N) is 1. The van der Waals surface area contributed by atoms with Crippen molar-refractivity contribution in [3.63, 3.8) is 0 Å². The first-order valence-electron chi connectivity index (χ1n) is 5.97.